The molecule has 0 saturated carbocycles. The minimum Gasteiger partial charge on any atom is -1.00 e. The number of hydrogen-bond acceptors (Lipinski definition) is 1. The Labute approximate surface area is 137 Å². The molecule has 2 aromatic carbocycles. The van der Waals surface area contributed by atoms with Gasteiger partial charge in [0, 0.05) is 5.10 Å². The standard InChI is InChI=1S/C18H20N3.ClH/c1-15-3-7-17(8-4-15)11-20-13-19-21(14-20)12-18-9-5-16(2)6-10-18;/h3-10,13-14H,11-12H2,1-2H3;1H/q+1;/p-1. The molecule has 3 rings (SSSR count). The lowest BCUT2D eigenvalue weighted by atomic mass is 10.1. The average molecular weight is 314 g/mol. The first kappa shape index (κ1) is 16.2. The molecular weight excluding hydrogens is 294 g/mol. The van der Waals surface area contributed by atoms with Crippen LogP contribution in [0.2, 0.25) is 0 Å². The van der Waals surface area contributed by atoms with E-state index in [1.807, 2.05) is 11.0 Å². The van der Waals surface area contributed by atoms with Crippen molar-refractivity contribution in [3.8, 4) is 0 Å². The highest BCUT2D eigenvalue weighted by Crippen LogP contribution is 2.05. The molecular formula is C18H20ClN3. The van der Waals surface area contributed by atoms with Crippen LogP contribution in [0.4, 0.5) is 0 Å². The van der Waals surface area contributed by atoms with Gasteiger partial charge in [-0.15, -0.1) is 4.68 Å². The van der Waals surface area contributed by atoms with Crippen LogP contribution in [0.15, 0.2) is 61.2 Å². The SMILES string of the molecule is Cc1ccc(Cn2c[n+](Cc3ccc(C)cc3)cn2)cc1.[Cl-]. The van der Waals surface area contributed by atoms with Gasteiger partial charge in [0.2, 0.25) is 6.33 Å². The third-order valence-corrected chi connectivity index (χ3v) is 3.58. The molecule has 0 radical (unpaired) electrons. The lowest BCUT2D eigenvalue weighted by Gasteiger charge is -1.99. The Hall–Kier alpha value is -2.13. The van der Waals surface area contributed by atoms with Crippen LogP contribution in [0.5, 0.6) is 0 Å². The molecule has 0 unspecified atom stereocenters. The van der Waals surface area contributed by atoms with E-state index in [0.29, 0.717) is 0 Å². The summed E-state index contributed by atoms with van der Waals surface area (Å²) in [5.74, 6) is 0. The quantitative estimate of drug-likeness (QED) is 0.616. The van der Waals surface area contributed by atoms with Gasteiger partial charge in [-0.1, -0.05) is 59.7 Å². The van der Waals surface area contributed by atoms with Gasteiger partial charge < -0.3 is 12.4 Å². The second-order valence-corrected chi connectivity index (χ2v) is 5.59. The summed E-state index contributed by atoms with van der Waals surface area (Å²) in [4.78, 5) is 0. The van der Waals surface area contributed by atoms with Crippen molar-refractivity contribution >= 4 is 0 Å². The second kappa shape index (κ2) is 7.23. The van der Waals surface area contributed by atoms with Gasteiger partial charge in [0.05, 0.1) is 6.54 Å². The summed E-state index contributed by atoms with van der Waals surface area (Å²) < 4.78 is 4.08. The van der Waals surface area contributed by atoms with Gasteiger partial charge in [0.25, 0.3) is 6.33 Å². The molecule has 22 heavy (non-hydrogen) atoms. The maximum atomic E-state index is 4.43. The average Bonchev–Trinajstić information content (AvgIpc) is 2.91. The Bertz CT molecular complexity index is 653. The molecule has 0 aliphatic rings. The molecule has 4 heteroatoms. The van der Waals surface area contributed by atoms with Crippen LogP contribution in [-0.2, 0) is 13.1 Å². The number of rotatable bonds is 4. The van der Waals surface area contributed by atoms with Crippen molar-refractivity contribution in [1.82, 2.24) is 9.78 Å². The lowest BCUT2D eigenvalue weighted by molar-refractivity contribution is -0.689. The summed E-state index contributed by atoms with van der Waals surface area (Å²) in [5, 5.41) is 4.43. The van der Waals surface area contributed by atoms with E-state index in [-0.39, 0.29) is 12.4 Å². The van der Waals surface area contributed by atoms with Gasteiger partial charge in [0.15, 0.2) is 0 Å². The van der Waals surface area contributed by atoms with Crippen molar-refractivity contribution < 1.29 is 17.0 Å². The monoisotopic (exact) mass is 313 g/mol. The van der Waals surface area contributed by atoms with E-state index in [4.69, 9.17) is 0 Å². The van der Waals surface area contributed by atoms with Gasteiger partial charge >= 0.3 is 0 Å². The van der Waals surface area contributed by atoms with Crippen LogP contribution in [0.3, 0.4) is 0 Å². The van der Waals surface area contributed by atoms with Gasteiger partial charge in [-0.3, -0.25) is 0 Å². The predicted molar refractivity (Wildman–Crippen MR) is 83.0 cm³/mol. The Balaban J connectivity index is 0.00000176. The maximum Gasteiger partial charge on any atom is 0.265 e. The van der Waals surface area contributed by atoms with E-state index < -0.39 is 0 Å². The zero-order chi connectivity index (χ0) is 14.7. The van der Waals surface area contributed by atoms with Crippen LogP contribution >= 0.6 is 0 Å². The molecule has 0 bridgehead atoms. The molecule has 0 amide bonds. The summed E-state index contributed by atoms with van der Waals surface area (Å²) in [6.45, 7) is 5.87. The topological polar surface area (TPSA) is 21.7 Å². The second-order valence-electron chi connectivity index (χ2n) is 5.59. The zero-order valence-corrected chi connectivity index (χ0v) is 13.7. The summed E-state index contributed by atoms with van der Waals surface area (Å²) >= 11 is 0. The smallest absolute Gasteiger partial charge is 0.265 e. The fourth-order valence-electron chi connectivity index (χ4n) is 2.31. The van der Waals surface area contributed by atoms with Gasteiger partial charge in [-0.25, -0.2) is 4.57 Å². The van der Waals surface area contributed by atoms with E-state index in [1.165, 1.54) is 22.3 Å². The first-order chi connectivity index (χ1) is 10.2. The Kier molecular flexibility index (Phi) is 5.34. The van der Waals surface area contributed by atoms with Crippen molar-refractivity contribution in [1.29, 1.82) is 0 Å². The zero-order valence-electron chi connectivity index (χ0n) is 12.9. The molecule has 3 nitrogen and oxygen atoms in total. The Morgan fingerprint density at radius 3 is 2.00 bits per heavy atom. The number of aryl methyl sites for hydroxylation is 2. The van der Waals surface area contributed by atoms with E-state index in [1.54, 1.807) is 0 Å². The number of halogens is 1. The van der Waals surface area contributed by atoms with Crippen LogP contribution in [-0.4, -0.2) is 9.78 Å². The largest absolute Gasteiger partial charge is 1.00 e. The van der Waals surface area contributed by atoms with Crippen LogP contribution in [0.25, 0.3) is 0 Å². The Morgan fingerprint density at radius 2 is 1.41 bits per heavy atom. The minimum atomic E-state index is 0. The van der Waals surface area contributed by atoms with Crippen molar-refractivity contribution in [2.24, 2.45) is 0 Å². The molecule has 1 aromatic heterocycles. The summed E-state index contributed by atoms with van der Waals surface area (Å²) in [6, 6.07) is 17.2. The van der Waals surface area contributed by atoms with E-state index >= 15 is 0 Å². The first-order valence-electron chi connectivity index (χ1n) is 7.22. The molecule has 114 valence electrons. The molecule has 0 fully saturated rings. The van der Waals surface area contributed by atoms with Crippen LogP contribution < -0.4 is 17.0 Å². The van der Waals surface area contributed by atoms with E-state index in [9.17, 15) is 0 Å². The number of aromatic nitrogens is 3. The highest BCUT2D eigenvalue weighted by atomic mass is 35.5. The fourth-order valence-corrected chi connectivity index (χ4v) is 2.31. The molecule has 0 aliphatic heterocycles. The summed E-state index contributed by atoms with van der Waals surface area (Å²) in [7, 11) is 0. The molecule has 0 atom stereocenters. The van der Waals surface area contributed by atoms with Crippen LogP contribution in [0.1, 0.15) is 22.3 Å². The summed E-state index contributed by atoms with van der Waals surface area (Å²) in [6.07, 6.45) is 3.94. The van der Waals surface area contributed by atoms with E-state index in [2.05, 4.69) is 78.4 Å². The van der Waals surface area contributed by atoms with Gasteiger partial charge in [0.1, 0.15) is 6.54 Å². The van der Waals surface area contributed by atoms with Crippen molar-refractivity contribution in [3.05, 3.63) is 83.4 Å². The molecule has 0 N–H and O–H groups in total. The third kappa shape index (κ3) is 4.18. The van der Waals surface area contributed by atoms with Crippen molar-refractivity contribution in [3.63, 3.8) is 0 Å². The lowest BCUT2D eigenvalue weighted by Crippen LogP contribution is -3.00. The van der Waals surface area contributed by atoms with Crippen LogP contribution in [0, 0.1) is 13.8 Å². The molecule has 0 aliphatic carbocycles. The molecule has 3 aromatic rings. The molecule has 0 spiro atoms. The highest BCUT2D eigenvalue weighted by molar-refractivity contribution is 5.21. The van der Waals surface area contributed by atoms with Gasteiger partial charge in [-0.2, -0.15) is 0 Å². The van der Waals surface area contributed by atoms with Crippen molar-refractivity contribution in [2.45, 2.75) is 26.9 Å². The molecule has 0 saturated heterocycles. The number of nitrogens with zero attached hydrogens (tertiary/aromatic N) is 3. The van der Waals surface area contributed by atoms with Crippen molar-refractivity contribution in [2.75, 3.05) is 0 Å². The number of benzene rings is 2. The predicted octanol–water partition coefficient (Wildman–Crippen LogP) is -0.112. The highest BCUT2D eigenvalue weighted by Gasteiger charge is 2.07. The molecule has 1 heterocycles. The summed E-state index contributed by atoms with van der Waals surface area (Å²) in [5.41, 5.74) is 5.14. The normalized spacial score (nSPS) is 10.3. The maximum absolute atomic E-state index is 4.43. The van der Waals surface area contributed by atoms with E-state index in [0.717, 1.165) is 13.1 Å². The minimum absolute atomic E-state index is 0. The Morgan fingerprint density at radius 1 is 0.864 bits per heavy atom. The third-order valence-electron chi connectivity index (χ3n) is 3.58. The van der Waals surface area contributed by atoms with Gasteiger partial charge in [-0.05, 0) is 25.0 Å². The first-order valence-corrected chi connectivity index (χ1v) is 7.22. The fraction of sp³-hybridized carbons (Fsp3) is 0.222. The number of hydrogen-bond donors (Lipinski definition) is 0.